The summed E-state index contributed by atoms with van der Waals surface area (Å²) in [6.07, 6.45) is 0.700. The van der Waals surface area contributed by atoms with Crippen LogP contribution in [0.25, 0.3) is 0 Å². The molecule has 1 heterocycles. The Balaban J connectivity index is 2.21. The minimum atomic E-state index is -4.27. The van der Waals surface area contributed by atoms with Gasteiger partial charge in [0.2, 0.25) is 5.91 Å². The van der Waals surface area contributed by atoms with Crippen molar-refractivity contribution in [2.24, 2.45) is 0 Å². The van der Waals surface area contributed by atoms with Crippen molar-refractivity contribution in [1.82, 2.24) is 4.90 Å². The third kappa shape index (κ3) is 3.19. The van der Waals surface area contributed by atoms with Crippen LogP contribution in [0.5, 0.6) is 0 Å². The van der Waals surface area contributed by atoms with Gasteiger partial charge in [-0.25, -0.2) is 0 Å². The van der Waals surface area contributed by atoms with Crippen LogP contribution in [0.15, 0.2) is 23.1 Å². The first-order valence-electron chi connectivity index (χ1n) is 5.48. The van der Waals surface area contributed by atoms with E-state index in [-0.39, 0.29) is 22.6 Å². The summed E-state index contributed by atoms with van der Waals surface area (Å²) in [7, 11) is 0. The topological polar surface area (TPSA) is 20.3 Å². The van der Waals surface area contributed by atoms with Crippen molar-refractivity contribution in [3.63, 3.8) is 0 Å². The van der Waals surface area contributed by atoms with Gasteiger partial charge >= 0.3 is 5.51 Å². The van der Waals surface area contributed by atoms with E-state index in [2.05, 4.69) is 0 Å². The summed E-state index contributed by atoms with van der Waals surface area (Å²) in [4.78, 5) is 13.1. The fourth-order valence-electron chi connectivity index (χ4n) is 2.00. The Labute approximate surface area is 107 Å². The summed E-state index contributed by atoms with van der Waals surface area (Å²) in [6.45, 7) is 2.50. The predicted octanol–water partition coefficient (Wildman–Crippen LogP) is 3.20. The Bertz CT molecular complexity index is 473. The molecule has 1 aliphatic rings. The summed E-state index contributed by atoms with van der Waals surface area (Å²) in [5.41, 5.74) is -2.44. The Kier molecular flexibility index (Phi) is 3.56. The first-order valence-corrected chi connectivity index (χ1v) is 6.30. The summed E-state index contributed by atoms with van der Waals surface area (Å²) >= 11 is -0.120. The maximum atomic E-state index is 12.3. The maximum absolute atomic E-state index is 12.3. The van der Waals surface area contributed by atoms with Crippen molar-refractivity contribution in [3.8, 4) is 0 Å². The molecular weight excluding hydrogens is 263 g/mol. The summed E-state index contributed by atoms with van der Waals surface area (Å²) < 4.78 is 36.8. The van der Waals surface area contributed by atoms with Gasteiger partial charge < -0.3 is 4.90 Å². The molecule has 98 valence electrons. The molecule has 0 aliphatic carbocycles. The highest BCUT2D eigenvalue weighted by Gasteiger charge is 2.29. The van der Waals surface area contributed by atoms with Crippen molar-refractivity contribution >= 4 is 17.7 Å². The van der Waals surface area contributed by atoms with Crippen LogP contribution in [0.1, 0.15) is 18.1 Å². The molecule has 1 amide bonds. The van der Waals surface area contributed by atoms with Crippen LogP contribution < -0.4 is 0 Å². The number of amides is 1. The van der Waals surface area contributed by atoms with E-state index in [9.17, 15) is 18.0 Å². The molecule has 0 saturated heterocycles. The van der Waals surface area contributed by atoms with Crippen molar-refractivity contribution in [2.75, 3.05) is 6.54 Å². The van der Waals surface area contributed by atoms with Crippen molar-refractivity contribution in [1.29, 1.82) is 0 Å². The van der Waals surface area contributed by atoms with Crippen LogP contribution in [-0.2, 0) is 17.8 Å². The van der Waals surface area contributed by atoms with Gasteiger partial charge in [-0.15, -0.1) is 0 Å². The molecule has 1 aliphatic heterocycles. The van der Waals surface area contributed by atoms with Gasteiger partial charge in [-0.3, -0.25) is 4.79 Å². The number of fused-ring (bicyclic) bond motifs is 1. The van der Waals surface area contributed by atoms with E-state index in [1.165, 1.54) is 19.1 Å². The summed E-state index contributed by atoms with van der Waals surface area (Å²) in [6, 6.07) is 4.74. The molecule has 2 rings (SSSR count). The lowest BCUT2D eigenvalue weighted by atomic mass is 10.00. The Morgan fingerprint density at radius 2 is 2.06 bits per heavy atom. The Morgan fingerprint density at radius 3 is 2.67 bits per heavy atom. The monoisotopic (exact) mass is 275 g/mol. The molecule has 0 bridgehead atoms. The molecule has 0 N–H and O–H groups in total. The van der Waals surface area contributed by atoms with Crippen molar-refractivity contribution in [2.45, 2.75) is 30.3 Å². The van der Waals surface area contributed by atoms with Crippen LogP contribution in [0, 0.1) is 0 Å². The SMILES string of the molecule is CC(=O)N1CCc2ccc(SC(F)(F)F)cc2C1. The molecule has 0 saturated carbocycles. The van der Waals surface area contributed by atoms with Crippen LogP contribution in [0.4, 0.5) is 13.2 Å². The zero-order valence-electron chi connectivity index (χ0n) is 9.75. The molecule has 1 aromatic carbocycles. The standard InChI is InChI=1S/C12H12F3NOS/c1-8(17)16-5-4-9-2-3-11(6-10(9)7-16)18-12(13,14)15/h2-3,6H,4-5,7H2,1H3. The first-order chi connectivity index (χ1) is 8.35. The first kappa shape index (κ1) is 13.3. The lowest BCUT2D eigenvalue weighted by Crippen LogP contribution is -2.34. The number of halogens is 3. The van der Waals surface area contributed by atoms with Gasteiger partial charge in [0, 0.05) is 24.9 Å². The van der Waals surface area contributed by atoms with E-state index in [0.717, 1.165) is 11.1 Å². The fourth-order valence-corrected chi connectivity index (χ4v) is 2.60. The van der Waals surface area contributed by atoms with E-state index >= 15 is 0 Å². The van der Waals surface area contributed by atoms with Gasteiger partial charge in [-0.1, -0.05) is 6.07 Å². The number of thioether (sulfide) groups is 1. The normalized spacial score (nSPS) is 15.4. The highest BCUT2D eigenvalue weighted by Crippen LogP contribution is 2.38. The lowest BCUT2D eigenvalue weighted by molar-refractivity contribution is -0.129. The highest BCUT2D eigenvalue weighted by atomic mass is 32.2. The quantitative estimate of drug-likeness (QED) is 0.734. The van der Waals surface area contributed by atoms with Gasteiger partial charge in [0.25, 0.3) is 0 Å². The number of hydrogen-bond acceptors (Lipinski definition) is 2. The molecule has 0 unspecified atom stereocenters. The highest BCUT2D eigenvalue weighted by molar-refractivity contribution is 8.00. The van der Waals surface area contributed by atoms with Gasteiger partial charge in [0.05, 0.1) is 0 Å². The number of hydrogen-bond donors (Lipinski definition) is 0. The number of benzene rings is 1. The van der Waals surface area contributed by atoms with Crippen LogP contribution in [0.2, 0.25) is 0 Å². The van der Waals surface area contributed by atoms with E-state index in [0.29, 0.717) is 19.5 Å². The molecule has 6 heteroatoms. The number of nitrogens with zero attached hydrogens (tertiary/aromatic N) is 1. The van der Waals surface area contributed by atoms with E-state index in [4.69, 9.17) is 0 Å². The Hall–Kier alpha value is -1.17. The number of rotatable bonds is 1. The second-order valence-electron chi connectivity index (χ2n) is 4.17. The maximum Gasteiger partial charge on any atom is 0.446 e. The van der Waals surface area contributed by atoms with Crippen LogP contribution >= 0.6 is 11.8 Å². The number of carbonyl (C=O) groups excluding carboxylic acids is 1. The van der Waals surface area contributed by atoms with Gasteiger partial charge in [-0.05, 0) is 41.4 Å². The molecule has 0 radical (unpaired) electrons. The molecule has 0 atom stereocenters. The second kappa shape index (κ2) is 4.84. The fraction of sp³-hybridized carbons (Fsp3) is 0.417. The van der Waals surface area contributed by atoms with Gasteiger partial charge in [0.1, 0.15) is 0 Å². The smallest absolute Gasteiger partial charge is 0.338 e. The van der Waals surface area contributed by atoms with Gasteiger partial charge in [0.15, 0.2) is 0 Å². The molecule has 0 spiro atoms. The molecule has 18 heavy (non-hydrogen) atoms. The molecule has 2 nitrogen and oxygen atoms in total. The van der Waals surface area contributed by atoms with Crippen molar-refractivity contribution in [3.05, 3.63) is 29.3 Å². The molecule has 0 fully saturated rings. The third-order valence-electron chi connectivity index (χ3n) is 2.87. The average molecular weight is 275 g/mol. The lowest BCUT2D eigenvalue weighted by Gasteiger charge is -2.28. The third-order valence-corrected chi connectivity index (χ3v) is 3.59. The zero-order valence-corrected chi connectivity index (χ0v) is 10.6. The Morgan fingerprint density at radius 1 is 1.33 bits per heavy atom. The minimum absolute atomic E-state index is 0.0467. The largest absolute Gasteiger partial charge is 0.446 e. The van der Waals surface area contributed by atoms with Crippen LogP contribution in [-0.4, -0.2) is 22.9 Å². The van der Waals surface area contributed by atoms with E-state index in [1.54, 1.807) is 11.0 Å². The van der Waals surface area contributed by atoms with E-state index < -0.39 is 5.51 Å². The zero-order chi connectivity index (χ0) is 13.3. The number of alkyl halides is 3. The van der Waals surface area contributed by atoms with Crippen molar-refractivity contribution < 1.29 is 18.0 Å². The number of carbonyl (C=O) groups is 1. The molecule has 1 aromatic rings. The van der Waals surface area contributed by atoms with E-state index in [1.807, 2.05) is 0 Å². The van der Waals surface area contributed by atoms with Crippen LogP contribution in [0.3, 0.4) is 0 Å². The summed E-state index contributed by atoms with van der Waals surface area (Å²) in [5.74, 6) is -0.0467. The molecular formula is C12H12F3NOS. The molecule has 0 aromatic heterocycles. The average Bonchev–Trinajstić information content (AvgIpc) is 2.25. The summed E-state index contributed by atoms with van der Waals surface area (Å²) in [5, 5.41) is 0. The predicted molar refractivity (Wildman–Crippen MR) is 63.1 cm³/mol. The van der Waals surface area contributed by atoms with Gasteiger partial charge in [-0.2, -0.15) is 13.2 Å². The minimum Gasteiger partial charge on any atom is -0.338 e. The second-order valence-corrected chi connectivity index (χ2v) is 5.31.